The van der Waals surface area contributed by atoms with E-state index in [-0.39, 0.29) is 36.0 Å². The minimum atomic E-state index is -4.96. The Morgan fingerprint density at radius 3 is 1.84 bits per heavy atom. The lowest BCUT2D eigenvalue weighted by Crippen LogP contribution is -2.50. The van der Waals surface area contributed by atoms with E-state index < -0.39 is 32.2 Å². The number of sulfonamides is 2. The lowest BCUT2D eigenvalue weighted by molar-refractivity contribution is -0.274. The monoisotopic (exact) mass is 494 g/mol. The van der Waals surface area contributed by atoms with Gasteiger partial charge in [-0.05, 0) is 43.3 Å². The summed E-state index contributed by atoms with van der Waals surface area (Å²) in [7, 11) is -7.98. The van der Waals surface area contributed by atoms with Crippen LogP contribution in [0.25, 0.3) is 0 Å². The second kappa shape index (κ2) is 9.25. The van der Waals surface area contributed by atoms with Crippen molar-refractivity contribution in [1.29, 1.82) is 0 Å². The lowest BCUT2D eigenvalue weighted by Gasteiger charge is -2.33. The number of ether oxygens (including phenoxy) is 2. The van der Waals surface area contributed by atoms with Crippen molar-refractivity contribution in [3.63, 3.8) is 0 Å². The predicted octanol–water partition coefficient (Wildman–Crippen LogP) is 2.68. The molecule has 0 aromatic heterocycles. The molecule has 3 rings (SSSR count). The zero-order valence-corrected chi connectivity index (χ0v) is 18.6. The summed E-state index contributed by atoms with van der Waals surface area (Å²) >= 11 is 0. The van der Waals surface area contributed by atoms with Gasteiger partial charge >= 0.3 is 6.36 Å². The zero-order chi connectivity index (χ0) is 23.6. The Kier molecular flexibility index (Phi) is 7.03. The molecular formula is C19H21F3N2O6S2. The van der Waals surface area contributed by atoms with Crippen molar-refractivity contribution < 1.29 is 39.5 Å². The van der Waals surface area contributed by atoms with Gasteiger partial charge < -0.3 is 9.47 Å². The van der Waals surface area contributed by atoms with Crippen LogP contribution in [-0.4, -0.2) is 64.6 Å². The van der Waals surface area contributed by atoms with Crippen LogP contribution in [0.15, 0.2) is 58.3 Å². The maximum absolute atomic E-state index is 12.9. The van der Waals surface area contributed by atoms with Crippen molar-refractivity contribution in [2.24, 2.45) is 0 Å². The SMILES string of the molecule is CCOc1ccc(S(=O)(=O)N2CCN(S(=O)(=O)c3cccc(OC(F)(F)F)c3)CC2)cc1. The summed E-state index contributed by atoms with van der Waals surface area (Å²) in [5, 5.41) is 0. The molecule has 0 spiro atoms. The molecule has 1 saturated heterocycles. The third-order valence-corrected chi connectivity index (χ3v) is 8.45. The molecule has 0 unspecified atom stereocenters. The number of halogens is 3. The average Bonchev–Trinajstić information content (AvgIpc) is 2.73. The topological polar surface area (TPSA) is 93.2 Å². The van der Waals surface area contributed by atoms with Gasteiger partial charge in [-0.2, -0.15) is 8.61 Å². The first-order valence-corrected chi connectivity index (χ1v) is 12.4. The normalized spacial score (nSPS) is 16.6. The molecule has 13 heteroatoms. The highest BCUT2D eigenvalue weighted by molar-refractivity contribution is 7.89. The molecule has 1 fully saturated rings. The highest BCUT2D eigenvalue weighted by Crippen LogP contribution is 2.27. The first-order valence-electron chi connectivity index (χ1n) is 9.52. The number of hydrogen-bond acceptors (Lipinski definition) is 6. The van der Waals surface area contributed by atoms with Crippen molar-refractivity contribution in [2.45, 2.75) is 23.1 Å². The van der Waals surface area contributed by atoms with Crippen LogP contribution >= 0.6 is 0 Å². The molecule has 0 saturated carbocycles. The molecule has 2 aromatic rings. The van der Waals surface area contributed by atoms with Gasteiger partial charge in [-0.15, -0.1) is 13.2 Å². The summed E-state index contributed by atoms with van der Waals surface area (Å²) in [5.41, 5.74) is 0. The molecule has 0 bridgehead atoms. The highest BCUT2D eigenvalue weighted by atomic mass is 32.2. The second-order valence-electron chi connectivity index (χ2n) is 6.74. The van der Waals surface area contributed by atoms with Gasteiger partial charge in [0.1, 0.15) is 11.5 Å². The summed E-state index contributed by atoms with van der Waals surface area (Å²) in [4.78, 5) is -0.323. The Balaban J connectivity index is 1.71. The van der Waals surface area contributed by atoms with Crippen LogP contribution in [0.2, 0.25) is 0 Å². The summed E-state index contributed by atoms with van der Waals surface area (Å²) in [5.74, 6) is -0.130. The maximum Gasteiger partial charge on any atom is 0.573 e. The van der Waals surface area contributed by atoms with Gasteiger partial charge in [-0.25, -0.2) is 16.8 Å². The second-order valence-corrected chi connectivity index (χ2v) is 10.6. The van der Waals surface area contributed by atoms with Crippen LogP contribution in [-0.2, 0) is 20.0 Å². The summed E-state index contributed by atoms with van der Waals surface area (Å²) in [6.07, 6.45) is -4.96. The quantitative estimate of drug-likeness (QED) is 0.588. The first kappa shape index (κ1) is 24.3. The van der Waals surface area contributed by atoms with Crippen molar-refractivity contribution in [1.82, 2.24) is 8.61 Å². The Bertz CT molecular complexity index is 1140. The Morgan fingerprint density at radius 1 is 0.812 bits per heavy atom. The van der Waals surface area contributed by atoms with E-state index in [1.54, 1.807) is 6.92 Å². The third kappa shape index (κ3) is 5.52. The molecule has 0 amide bonds. The summed E-state index contributed by atoms with van der Waals surface area (Å²) < 4.78 is 99.9. The Morgan fingerprint density at radius 2 is 1.34 bits per heavy atom. The molecular weight excluding hydrogens is 473 g/mol. The lowest BCUT2D eigenvalue weighted by atomic mass is 10.3. The van der Waals surface area contributed by atoms with E-state index >= 15 is 0 Å². The van der Waals surface area contributed by atoms with Gasteiger partial charge in [0.15, 0.2) is 0 Å². The van der Waals surface area contributed by atoms with E-state index in [1.807, 2.05) is 0 Å². The van der Waals surface area contributed by atoms with E-state index in [9.17, 15) is 30.0 Å². The Hall–Kier alpha value is -2.35. The minimum absolute atomic E-state index is 0.0502. The number of alkyl halides is 3. The molecule has 176 valence electrons. The molecule has 1 aliphatic rings. The number of rotatable bonds is 7. The molecule has 32 heavy (non-hydrogen) atoms. The van der Waals surface area contributed by atoms with Crippen molar-refractivity contribution in [3.05, 3.63) is 48.5 Å². The Labute approximate surface area is 184 Å². The first-order chi connectivity index (χ1) is 14.9. The zero-order valence-electron chi connectivity index (χ0n) is 16.9. The number of benzene rings is 2. The van der Waals surface area contributed by atoms with Gasteiger partial charge in [0.2, 0.25) is 20.0 Å². The molecule has 0 N–H and O–H groups in total. The van der Waals surface area contributed by atoms with E-state index in [0.717, 1.165) is 32.9 Å². The largest absolute Gasteiger partial charge is 0.573 e. The molecule has 0 atom stereocenters. The minimum Gasteiger partial charge on any atom is -0.494 e. The van der Waals surface area contributed by atoms with E-state index in [4.69, 9.17) is 4.74 Å². The highest BCUT2D eigenvalue weighted by Gasteiger charge is 2.35. The average molecular weight is 495 g/mol. The van der Waals surface area contributed by atoms with Gasteiger partial charge in [-0.3, -0.25) is 0 Å². The molecule has 2 aromatic carbocycles. The fourth-order valence-corrected chi connectivity index (χ4v) is 6.03. The molecule has 0 radical (unpaired) electrons. The van der Waals surface area contributed by atoms with Crippen LogP contribution in [0.4, 0.5) is 13.2 Å². The van der Waals surface area contributed by atoms with E-state index in [1.165, 1.54) is 24.3 Å². The van der Waals surface area contributed by atoms with Gasteiger partial charge in [0.05, 0.1) is 16.4 Å². The van der Waals surface area contributed by atoms with Crippen LogP contribution < -0.4 is 9.47 Å². The van der Waals surface area contributed by atoms with Gasteiger partial charge in [0, 0.05) is 32.2 Å². The van der Waals surface area contributed by atoms with Crippen molar-refractivity contribution in [2.75, 3.05) is 32.8 Å². The van der Waals surface area contributed by atoms with Crippen molar-refractivity contribution >= 4 is 20.0 Å². The van der Waals surface area contributed by atoms with Crippen LogP contribution in [0.5, 0.6) is 11.5 Å². The fourth-order valence-electron chi connectivity index (χ4n) is 3.15. The number of piperazine rings is 1. The molecule has 1 aliphatic heterocycles. The van der Waals surface area contributed by atoms with Crippen LogP contribution in [0.3, 0.4) is 0 Å². The third-order valence-electron chi connectivity index (χ3n) is 4.65. The fraction of sp³-hybridized carbons (Fsp3) is 0.368. The molecule has 1 heterocycles. The predicted molar refractivity (Wildman–Crippen MR) is 108 cm³/mol. The van der Waals surface area contributed by atoms with E-state index in [2.05, 4.69) is 4.74 Å². The van der Waals surface area contributed by atoms with E-state index in [0.29, 0.717) is 12.4 Å². The maximum atomic E-state index is 12.9. The summed E-state index contributed by atoms with van der Waals surface area (Å²) in [6, 6.07) is 9.97. The number of nitrogens with zero attached hydrogens (tertiary/aromatic N) is 2. The van der Waals surface area contributed by atoms with Crippen molar-refractivity contribution in [3.8, 4) is 11.5 Å². The standard InChI is InChI=1S/C19H21F3N2O6S2/c1-2-29-15-6-8-17(9-7-15)31(25,26)23-10-12-24(13-11-23)32(27,28)18-5-3-4-16(14-18)30-19(20,21)22/h3-9,14H,2,10-13H2,1H3. The van der Waals surface area contributed by atoms with Gasteiger partial charge in [0.25, 0.3) is 0 Å². The summed E-state index contributed by atoms with van der Waals surface area (Å²) in [6.45, 7) is 1.73. The van der Waals surface area contributed by atoms with Crippen LogP contribution in [0, 0.1) is 0 Å². The molecule has 8 nitrogen and oxygen atoms in total. The smallest absolute Gasteiger partial charge is 0.494 e. The van der Waals surface area contributed by atoms with Gasteiger partial charge in [-0.1, -0.05) is 6.07 Å². The molecule has 0 aliphatic carbocycles. The van der Waals surface area contributed by atoms with Crippen LogP contribution in [0.1, 0.15) is 6.92 Å². The number of hydrogen-bond donors (Lipinski definition) is 0.